The minimum Gasteiger partial charge on any atom is -0.507 e. The van der Waals surface area contributed by atoms with Crippen LogP contribution in [0.5, 0.6) is 11.5 Å². The number of hydrogen-bond acceptors (Lipinski definition) is 7. The fourth-order valence-corrected chi connectivity index (χ4v) is 4.00. The van der Waals surface area contributed by atoms with Gasteiger partial charge in [0.05, 0.1) is 18.6 Å². The van der Waals surface area contributed by atoms with Crippen molar-refractivity contribution in [2.45, 2.75) is 12.1 Å². The molecule has 0 aliphatic heterocycles. The lowest BCUT2D eigenvalue weighted by atomic mass is 10.1. The number of ether oxygens (including phenoxy) is 1. The number of carbonyl (C=O) groups is 1. The second kappa shape index (κ2) is 10.7. The molecule has 0 spiro atoms. The van der Waals surface area contributed by atoms with E-state index in [1.165, 1.54) is 24.9 Å². The van der Waals surface area contributed by atoms with Crippen LogP contribution in [0.4, 0.5) is 0 Å². The third-order valence-electron chi connectivity index (χ3n) is 4.96. The largest absolute Gasteiger partial charge is 0.507 e. The van der Waals surface area contributed by atoms with Crippen LogP contribution in [0.3, 0.4) is 0 Å². The van der Waals surface area contributed by atoms with Crippen LogP contribution in [0.1, 0.15) is 12.5 Å². The first-order valence-corrected chi connectivity index (χ1v) is 11.4. The summed E-state index contributed by atoms with van der Waals surface area (Å²) < 4.78 is 7.02. The van der Waals surface area contributed by atoms with E-state index in [0.29, 0.717) is 28.0 Å². The molecular weight excluding hydrogens is 450 g/mol. The third-order valence-corrected chi connectivity index (χ3v) is 5.88. The summed E-state index contributed by atoms with van der Waals surface area (Å²) in [6.45, 7) is 1.70. The van der Waals surface area contributed by atoms with Crippen LogP contribution in [-0.4, -0.2) is 44.4 Å². The zero-order valence-corrected chi connectivity index (χ0v) is 19.5. The van der Waals surface area contributed by atoms with E-state index < -0.39 is 0 Å². The van der Waals surface area contributed by atoms with Gasteiger partial charge in [-0.3, -0.25) is 9.36 Å². The number of aromatic nitrogens is 3. The number of amides is 1. The Morgan fingerprint density at radius 3 is 2.44 bits per heavy atom. The van der Waals surface area contributed by atoms with Gasteiger partial charge in [-0.05, 0) is 31.2 Å². The minimum absolute atomic E-state index is 0.0219. The Labute approximate surface area is 201 Å². The third kappa shape index (κ3) is 5.26. The number of methoxy groups -OCH3 is 1. The maximum atomic E-state index is 12.5. The number of phenols is 1. The van der Waals surface area contributed by atoms with E-state index in [1.807, 2.05) is 65.2 Å². The number of nitrogens with one attached hydrogen (secondary N) is 1. The molecule has 0 aliphatic carbocycles. The van der Waals surface area contributed by atoms with Crippen molar-refractivity contribution in [2.75, 3.05) is 12.9 Å². The van der Waals surface area contributed by atoms with E-state index in [2.05, 4.69) is 20.7 Å². The predicted octanol–water partition coefficient (Wildman–Crippen LogP) is 4.28. The molecule has 1 amide bonds. The van der Waals surface area contributed by atoms with E-state index in [4.69, 9.17) is 4.74 Å². The van der Waals surface area contributed by atoms with E-state index in [0.717, 1.165) is 11.3 Å². The van der Waals surface area contributed by atoms with E-state index >= 15 is 0 Å². The highest BCUT2D eigenvalue weighted by molar-refractivity contribution is 7.99. The number of benzene rings is 3. The van der Waals surface area contributed by atoms with Crippen molar-refractivity contribution >= 4 is 23.4 Å². The highest BCUT2D eigenvalue weighted by atomic mass is 32.2. The predicted molar refractivity (Wildman–Crippen MR) is 133 cm³/mol. The van der Waals surface area contributed by atoms with Crippen molar-refractivity contribution in [2.24, 2.45) is 5.10 Å². The second-order valence-electron chi connectivity index (χ2n) is 7.25. The SMILES string of the molecule is COc1ccc(/C(C)=N/NC(=O)CSc2nnc(-c3ccccc3)n2-c2ccccc2)c(O)c1. The Morgan fingerprint density at radius 2 is 1.76 bits per heavy atom. The van der Waals surface area contributed by atoms with Gasteiger partial charge < -0.3 is 9.84 Å². The standard InChI is InChI=1S/C25H23N5O3S/c1-17(21-14-13-20(33-2)15-22(21)31)26-27-23(32)16-34-25-29-28-24(18-9-5-3-6-10-18)30(25)19-11-7-4-8-12-19/h3-15,31H,16H2,1-2H3,(H,27,32)/b26-17+. The maximum absolute atomic E-state index is 12.5. The van der Waals surface area contributed by atoms with Crippen molar-refractivity contribution in [3.8, 4) is 28.6 Å². The zero-order valence-electron chi connectivity index (χ0n) is 18.7. The summed E-state index contributed by atoms with van der Waals surface area (Å²) in [6.07, 6.45) is 0. The van der Waals surface area contributed by atoms with Gasteiger partial charge in [-0.15, -0.1) is 10.2 Å². The molecule has 1 aromatic heterocycles. The molecule has 9 heteroatoms. The van der Waals surface area contributed by atoms with Crippen molar-refractivity contribution < 1.29 is 14.6 Å². The van der Waals surface area contributed by atoms with Gasteiger partial charge in [0.25, 0.3) is 5.91 Å². The molecule has 0 bridgehead atoms. The quantitative estimate of drug-likeness (QED) is 0.225. The Hall–Kier alpha value is -4.11. The van der Waals surface area contributed by atoms with Crippen LogP contribution in [0.25, 0.3) is 17.1 Å². The Kier molecular flexibility index (Phi) is 7.24. The van der Waals surface area contributed by atoms with Crippen LogP contribution >= 0.6 is 11.8 Å². The molecule has 2 N–H and O–H groups in total. The molecule has 0 saturated carbocycles. The summed E-state index contributed by atoms with van der Waals surface area (Å²) in [4.78, 5) is 12.5. The average molecular weight is 474 g/mol. The lowest BCUT2D eigenvalue weighted by molar-refractivity contribution is -0.118. The molecule has 0 atom stereocenters. The molecular formula is C25H23N5O3S. The van der Waals surface area contributed by atoms with Crippen LogP contribution in [0.15, 0.2) is 89.1 Å². The van der Waals surface area contributed by atoms with Crippen molar-refractivity contribution in [3.05, 3.63) is 84.4 Å². The van der Waals surface area contributed by atoms with Crippen molar-refractivity contribution in [1.29, 1.82) is 0 Å². The fourth-order valence-electron chi connectivity index (χ4n) is 3.26. The first-order chi connectivity index (χ1) is 16.6. The van der Waals surface area contributed by atoms with Crippen LogP contribution < -0.4 is 10.2 Å². The molecule has 3 aromatic carbocycles. The number of hydrogen-bond donors (Lipinski definition) is 2. The summed E-state index contributed by atoms with van der Waals surface area (Å²) >= 11 is 1.26. The van der Waals surface area contributed by atoms with Crippen molar-refractivity contribution in [3.63, 3.8) is 0 Å². The van der Waals surface area contributed by atoms with Crippen LogP contribution in [0, 0.1) is 0 Å². The van der Waals surface area contributed by atoms with Crippen LogP contribution in [0.2, 0.25) is 0 Å². The normalized spacial score (nSPS) is 11.3. The van der Waals surface area contributed by atoms with Gasteiger partial charge in [0, 0.05) is 22.9 Å². The first-order valence-electron chi connectivity index (χ1n) is 10.5. The minimum atomic E-state index is -0.304. The fraction of sp³-hybridized carbons (Fsp3) is 0.120. The molecule has 4 rings (SSSR count). The lowest BCUT2D eigenvalue weighted by Gasteiger charge is -2.10. The Bertz CT molecular complexity index is 1310. The Morgan fingerprint density at radius 1 is 1.06 bits per heavy atom. The molecule has 1 heterocycles. The first kappa shape index (κ1) is 23.1. The average Bonchev–Trinajstić information content (AvgIpc) is 3.31. The topological polar surface area (TPSA) is 102 Å². The highest BCUT2D eigenvalue weighted by Gasteiger charge is 2.17. The van der Waals surface area contributed by atoms with Crippen LogP contribution in [-0.2, 0) is 4.79 Å². The lowest BCUT2D eigenvalue weighted by Crippen LogP contribution is -2.21. The number of thioether (sulfide) groups is 1. The Balaban J connectivity index is 1.49. The summed E-state index contributed by atoms with van der Waals surface area (Å²) in [5.41, 5.74) is 5.33. The van der Waals surface area contributed by atoms with E-state index in [9.17, 15) is 9.90 Å². The number of rotatable bonds is 8. The number of phenolic OH excluding ortho intramolecular Hbond substituents is 1. The summed E-state index contributed by atoms with van der Waals surface area (Å²) in [5, 5.41) is 23.6. The smallest absolute Gasteiger partial charge is 0.250 e. The van der Waals surface area contributed by atoms with Gasteiger partial charge in [0.1, 0.15) is 11.5 Å². The molecule has 34 heavy (non-hydrogen) atoms. The van der Waals surface area contributed by atoms with Gasteiger partial charge in [-0.2, -0.15) is 5.10 Å². The van der Waals surface area contributed by atoms with Gasteiger partial charge >= 0.3 is 0 Å². The van der Waals surface area contributed by atoms with E-state index in [-0.39, 0.29) is 17.4 Å². The van der Waals surface area contributed by atoms with E-state index in [1.54, 1.807) is 19.1 Å². The number of nitrogens with zero attached hydrogens (tertiary/aromatic N) is 4. The summed E-state index contributed by atoms with van der Waals surface area (Å²) in [6, 6.07) is 24.4. The van der Waals surface area contributed by atoms with Crippen molar-refractivity contribution in [1.82, 2.24) is 20.2 Å². The van der Waals surface area contributed by atoms with Gasteiger partial charge in [-0.25, -0.2) is 5.43 Å². The zero-order chi connectivity index (χ0) is 23.9. The summed E-state index contributed by atoms with van der Waals surface area (Å²) in [7, 11) is 1.52. The molecule has 8 nitrogen and oxygen atoms in total. The number of carbonyl (C=O) groups excluding carboxylic acids is 1. The van der Waals surface area contributed by atoms with Gasteiger partial charge in [0.2, 0.25) is 0 Å². The summed E-state index contributed by atoms with van der Waals surface area (Å²) in [5.74, 6) is 1.03. The van der Waals surface area contributed by atoms with Gasteiger partial charge in [0.15, 0.2) is 11.0 Å². The molecule has 4 aromatic rings. The highest BCUT2D eigenvalue weighted by Crippen LogP contribution is 2.28. The number of hydrazone groups is 1. The number of aromatic hydroxyl groups is 1. The molecule has 0 saturated heterocycles. The number of para-hydroxylation sites is 1. The molecule has 0 aliphatic rings. The maximum Gasteiger partial charge on any atom is 0.250 e. The molecule has 0 radical (unpaired) electrons. The molecule has 172 valence electrons. The molecule has 0 fully saturated rings. The van der Waals surface area contributed by atoms with Gasteiger partial charge in [-0.1, -0.05) is 60.3 Å². The molecule has 0 unspecified atom stereocenters. The second-order valence-corrected chi connectivity index (χ2v) is 8.19. The monoisotopic (exact) mass is 473 g/mol.